The highest BCUT2D eigenvalue weighted by Gasteiger charge is 2.35. The SMILES string of the molecule is Nc1ncnc2c1ncn2[C@H]1C[C@H](O)[C@@H](NO)O1. The van der Waals surface area contributed by atoms with Gasteiger partial charge in [0.15, 0.2) is 17.7 Å². The van der Waals surface area contributed by atoms with Crippen molar-refractivity contribution >= 4 is 17.0 Å². The highest BCUT2D eigenvalue weighted by Crippen LogP contribution is 2.30. The summed E-state index contributed by atoms with van der Waals surface area (Å²) in [6.45, 7) is 0. The molecule has 5 N–H and O–H groups in total. The highest BCUT2D eigenvalue weighted by molar-refractivity contribution is 5.81. The van der Waals surface area contributed by atoms with Crippen LogP contribution in [-0.4, -0.2) is 42.2 Å². The molecule has 0 radical (unpaired) electrons. The van der Waals surface area contributed by atoms with Gasteiger partial charge >= 0.3 is 0 Å². The zero-order chi connectivity index (χ0) is 12.7. The molecular formula is C9H12N6O3. The van der Waals surface area contributed by atoms with Gasteiger partial charge in [-0.05, 0) is 0 Å². The number of nitrogen functional groups attached to an aromatic ring is 1. The predicted octanol–water partition coefficient (Wildman–Crippen LogP) is -1.01. The van der Waals surface area contributed by atoms with Crippen molar-refractivity contribution in [2.24, 2.45) is 0 Å². The third kappa shape index (κ3) is 1.61. The third-order valence-corrected chi connectivity index (χ3v) is 2.92. The standard InChI is InChI=1S/C9H12N6O3/c10-7-6-8(12-2-11-7)15(3-13-6)5-1-4(16)9(14-17)18-5/h2-5,9,14,16-17H,1H2,(H2,10,11,12)/t4-,5+,9-/m0/s1. The van der Waals surface area contributed by atoms with Gasteiger partial charge in [0.05, 0.1) is 12.4 Å². The van der Waals surface area contributed by atoms with E-state index in [0.29, 0.717) is 17.6 Å². The molecule has 9 heteroatoms. The number of anilines is 1. The lowest BCUT2D eigenvalue weighted by molar-refractivity contribution is -0.0938. The zero-order valence-corrected chi connectivity index (χ0v) is 9.26. The number of aromatic nitrogens is 4. The van der Waals surface area contributed by atoms with Crippen molar-refractivity contribution in [1.82, 2.24) is 25.0 Å². The molecule has 1 fully saturated rings. The molecule has 2 aromatic rings. The summed E-state index contributed by atoms with van der Waals surface area (Å²) in [7, 11) is 0. The molecule has 3 rings (SSSR count). The van der Waals surface area contributed by atoms with Gasteiger partial charge in [-0.15, -0.1) is 0 Å². The van der Waals surface area contributed by atoms with Crippen molar-refractivity contribution in [2.45, 2.75) is 25.0 Å². The smallest absolute Gasteiger partial charge is 0.167 e. The van der Waals surface area contributed by atoms with E-state index in [0.717, 1.165) is 0 Å². The largest absolute Gasteiger partial charge is 0.389 e. The number of hydrogen-bond donors (Lipinski definition) is 4. The van der Waals surface area contributed by atoms with E-state index in [-0.39, 0.29) is 5.82 Å². The average molecular weight is 252 g/mol. The molecule has 1 aliphatic rings. The quantitative estimate of drug-likeness (QED) is 0.500. The summed E-state index contributed by atoms with van der Waals surface area (Å²) in [5.41, 5.74) is 8.59. The van der Waals surface area contributed by atoms with Crippen LogP contribution in [0.25, 0.3) is 11.2 Å². The minimum Gasteiger partial charge on any atom is -0.389 e. The van der Waals surface area contributed by atoms with Crippen LogP contribution in [0.5, 0.6) is 0 Å². The van der Waals surface area contributed by atoms with Gasteiger partial charge in [-0.3, -0.25) is 4.57 Å². The lowest BCUT2D eigenvalue weighted by Crippen LogP contribution is -2.34. The number of nitrogens with one attached hydrogen (secondary N) is 1. The van der Waals surface area contributed by atoms with Crippen LogP contribution in [0.4, 0.5) is 5.82 Å². The Morgan fingerprint density at radius 3 is 3.00 bits per heavy atom. The molecular weight excluding hydrogens is 240 g/mol. The summed E-state index contributed by atoms with van der Waals surface area (Å²) in [4.78, 5) is 12.0. The van der Waals surface area contributed by atoms with E-state index in [1.807, 2.05) is 5.48 Å². The fourth-order valence-electron chi connectivity index (χ4n) is 2.02. The Morgan fingerprint density at radius 2 is 2.28 bits per heavy atom. The van der Waals surface area contributed by atoms with E-state index < -0.39 is 18.6 Å². The number of aliphatic hydroxyl groups excluding tert-OH is 1. The minimum atomic E-state index is -0.827. The molecule has 0 amide bonds. The van der Waals surface area contributed by atoms with Gasteiger partial charge in [-0.2, -0.15) is 5.48 Å². The number of aliphatic hydroxyl groups is 1. The molecule has 0 saturated carbocycles. The van der Waals surface area contributed by atoms with Crippen molar-refractivity contribution in [3.8, 4) is 0 Å². The number of fused-ring (bicyclic) bond motifs is 1. The Morgan fingerprint density at radius 1 is 1.44 bits per heavy atom. The summed E-state index contributed by atoms with van der Waals surface area (Å²) in [5, 5.41) is 18.4. The molecule has 2 aromatic heterocycles. The molecule has 96 valence electrons. The number of hydrogen-bond acceptors (Lipinski definition) is 8. The van der Waals surface area contributed by atoms with Gasteiger partial charge < -0.3 is 20.8 Å². The number of ether oxygens (including phenoxy) is 1. The molecule has 0 spiro atoms. The van der Waals surface area contributed by atoms with Crippen molar-refractivity contribution in [2.75, 3.05) is 5.73 Å². The Kier molecular flexibility index (Phi) is 2.59. The summed E-state index contributed by atoms with van der Waals surface area (Å²) >= 11 is 0. The summed E-state index contributed by atoms with van der Waals surface area (Å²) in [5.74, 6) is 0.286. The molecule has 1 aliphatic heterocycles. The van der Waals surface area contributed by atoms with Crippen LogP contribution in [0.1, 0.15) is 12.6 Å². The molecule has 9 nitrogen and oxygen atoms in total. The molecule has 0 aromatic carbocycles. The highest BCUT2D eigenvalue weighted by atomic mass is 16.6. The number of hydroxylamine groups is 1. The van der Waals surface area contributed by atoms with E-state index in [9.17, 15) is 5.11 Å². The van der Waals surface area contributed by atoms with Gasteiger partial charge in [-0.1, -0.05) is 0 Å². The first kappa shape index (κ1) is 11.3. The van der Waals surface area contributed by atoms with Crippen LogP contribution in [0.15, 0.2) is 12.7 Å². The number of rotatable bonds is 2. The number of imidazole rings is 1. The Balaban J connectivity index is 1.99. The van der Waals surface area contributed by atoms with Gasteiger partial charge in [0, 0.05) is 6.42 Å². The topological polar surface area (TPSA) is 131 Å². The molecule has 1 saturated heterocycles. The average Bonchev–Trinajstić information content (AvgIpc) is 2.93. The van der Waals surface area contributed by atoms with Crippen LogP contribution in [0.2, 0.25) is 0 Å². The van der Waals surface area contributed by atoms with Crippen LogP contribution >= 0.6 is 0 Å². The van der Waals surface area contributed by atoms with E-state index in [1.54, 1.807) is 4.57 Å². The fraction of sp³-hybridized carbons (Fsp3) is 0.444. The first-order valence-corrected chi connectivity index (χ1v) is 5.37. The number of nitrogens with zero attached hydrogens (tertiary/aromatic N) is 4. The fourth-order valence-corrected chi connectivity index (χ4v) is 2.02. The second kappa shape index (κ2) is 4.14. The Hall–Kier alpha value is -1.81. The second-order valence-electron chi connectivity index (χ2n) is 4.03. The van der Waals surface area contributed by atoms with E-state index >= 15 is 0 Å². The maximum absolute atomic E-state index is 9.65. The molecule has 0 unspecified atom stereocenters. The molecule has 3 heterocycles. The maximum atomic E-state index is 9.65. The summed E-state index contributed by atoms with van der Waals surface area (Å²) in [6.07, 6.45) is 1.07. The van der Waals surface area contributed by atoms with Gasteiger partial charge in [-0.25, -0.2) is 15.0 Å². The molecule has 3 atom stereocenters. The van der Waals surface area contributed by atoms with Gasteiger partial charge in [0.25, 0.3) is 0 Å². The van der Waals surface area contributed by atoms with Crippen molar-refractivity contribution in [3.05, 3.63) is 12.7 Å². The predicted molar refractivity (Wildman–Crippen MR) is 59.2 cm³/mol. The Bertz CT molecular complexity index is 572. The van der Waals surface area contributed by atoms with Crippen LogP contribution in [0.3, 0.4) is 0 Å². The van der Waals surface area contributed by atoms with E-state index in [4.69, 9.17) is 15.7 Å². The normalized spacial score (nSPS) is 28.0. The summed E-state index contributed by atoms with van der Waals surface area (Å²) < 4.78 is 7.07. The monoisotopic (exact) mass is 252 g/mol. The van der Waals surface area contributed by atoms with E-state index in [1.165, 1.54) is 12.7 Å². The third-order valence-electron chi connectivity index (χ3n) is 2.92. The van der Waals surface area contributed by atoms with Crippen molar-refractivity contribution < 1.29 is 15.1 Å². The maximum Gasteiger partial charge on any atom is 0.167 e. The van der Waals surface area contributed by atoms with Gasteiger partial charge in [0.2, 0.25) is 0 Å². The van der Waals surface area contributed by atoms with Crippen LogP contribution in [0, 0.1) is 0 Å². The Labute approximate surface area is 101 Å². The van der Waals surface area contributed by atoms with Crippen molar-refractivity contribution in [1.29, 1.82) is 0 Å². The molecule has 0 bridgehead atoms. The first-order chi connectivity index (χ1) is 8.70. The number of nitrogens with two attached hydrogens (primary N) is 1. The van der Waals surface area contributed by atoms with E-state index in [2.05, 4.69) is 15.0 Å². The van der Waals surface area contributed by atoms with Crippen LogP contribution < -0.4 is 11.2 Å². The lowest BCUT2D eigenvalue weighted by Gasteiger charge is -2.13. The second-order valence-corrected chi connectivity index (χ2v) is 4.03. The van der Waals surface area contributed by atoms with Crippen molar-refractivity contribution in [3.63, 3.8) is 0 Å². The molecule has 18 heavy (non-hydrogen) atoms. The minimum absolute atomic E-state index is 0.286. The van der Waals surface area contributed by atoms with Gasteiger partial charge in [0.1, 0.15) is 18.1 Å². The lowest BCUT2D eigenvalue weighted by atomic mass is 10.2. The summed E-state index contributed by atoms with van der Waals surface area (Å²) in [6, 6.07) is 0. The molecule has 0 aliphatic carbocycles. The first-order valence-electron chi connectivity index (χ1n) is 5.37. The zero-order valence-electron chi connectivity index (χ0n) is 9.26. The van der Waals surface area contributed by atoms with Crippen LogP contribution in [-0.2, 0) is 4.74 Å².